The third-order valence-electron chi connectivity index (χ3n) is 4.32. The van der Waals surface area contributed by atoms with Crippen LogP contribution in [-0.4, -0.2) is 53.0 Å². The minimum absolute atomic E-state index is 0.0326. The first-order valence-electron chi connectivity index (χ1n) is 7.93. The Morgan fingerprint density at radius 3 is 2.31 bits per heavy atom. The molecule has 140 valence electrons. The Morgan fingerprint density at radius 2 is 1.77 bits per heavy atom. The zero-order chi connectivity index (χ0) is 19.1. The molecule has 3 rings (SSSR count). The minimum Gasteiger partial charge on any atom is -0.437 e. The molecule has 0 aliphatic carbocycles. The smallest absolute Gasteiger partial charge is 0.419 e. The molecular weight excluding hydrogens is 355 g/mol. The van der Waals surface area contributed by atoms with Crippen molar-refractivity contribution in [3.63, 3.8) is 0 Å². The van der Waals surface area contributed by atoms with Crippen molar-refractivity contribution in [3.8, 4) is 0 Å². The van der Waals surface area contributed by atoms with Gasteiger partial charge >= 0.3 is 13.2 Å². The summed E-state index contributed by atoms with van der Waals surface area (Å²) in [5.41, 5.74) is 0.859. The van der Waals surface area contributed by atoms with Crippen LogP contribution in [0.1, 0.15) is 5.56 Å². The fourth-order valence-electron chi connectivity index (χ4n) is 2.91. The molecule has 1 saturated heterocycles. The molecule has 0 radical (unpaired) electrons. The Hall–Kier alpha value is -2.18. The van der Waals surface area contributed by atoms with Crippen LogP contribution in [0.2, 0.25) is 6.82 Å². The van der Waals surface area contributed by atoms with Crippen LogP contribution in [0.15, 0.2) is 12.1 Å². The molecule has 1 aliphatic heterocycles. The van der Waals surface area contributed by atoms with Crippen molar-refractivity contribution >= 4 is 29.7 Å². The molecule has 0 bridgehead atoms. The number of nitrogens with two attached hydrogens (primary N) is 1. The van der Waals surface area contributed by atoms with Gasteiger partial charge in [0.2, 0.25) is 0 Å². The van der Waals surface area contributed by atoms with Crippen LogP contribution >= 0.6 is 0 Å². The van der Waals surface area contributed by atoms with Gasteiger partial charge in [-0.05, 0) is 12.9 Å². The van der Waals surface area contributed by atoms with Crippen molar-refractivity contribution < 1.29 is 22.6 Å². The highest BCUT2D eigenvalue weighted by atomic mass is 19.4. The lowest BCUT2D eigenvalue weighted by Crippen LogP contribution is -2.51. The van der Waals surface area contributed by atoms with E-state index in [0.717, 1.165) is 0 Å². The van der Waals surface area contributed by atoms with E-state index in [-0.39, 0.29) is 22.7 Å². The van der Waals surface area contributed by atoms with Crippen LogP contribution < -0.4 is 16.2 Å². The first kappa shape index (κ1) is 18.6. The number of nitrogen functional groups attached to an aromatic ring is 1. The maximum atomic E-state index is 13.7. The van der Waals surface area contributed by atoms with Gasteiger partial charge in [0.25, 0.3) is 0 Å². The maximum Gasteiger partial charge on any atom is 0.419 e. The summed E-state index contributed by atoms with van der Waals surface area (Å²) >= 11 is 0. The molecule has 1 aromatic heterocycles. The molecule has 4 N–H and O–H groups in total. The molecule has 1 aromatic carbocycles. The largest absolute Gasteiger partial charge is 0.437 e. The van der Waals surface area contributed by atoms with Gasteiger partial charge in [0.05, 0.1) is 16.6 Å². The first-order chi connectivity index (χ1) is 12.2. The zero-order valence-electron chi connectivity index (χ0n) is 13.9. The highest BCUT2D eigenvalue weighted by Crippen LogP contribution is 2.34. The van der Waals surface area contributed by atoms with Gasteiger partial charge in [0.1, 0.15) is 5.82 Å². The second kappa shape index (κ2) is 6.85. The van der Waals surface area contributed by atoms with Gasteiger partial charge in [-0.1, -0.05) is 0 Å². The van der Waals surface area contributed by atoms with Gasteiger partial charge in [-0.2, -0.15) is 13.2 Å². The number of hydrogen-bond acceptors (Lipinski definition) is 7. The topological polar surface area (TPSA) is 90.5 Å². The molecule has 2 aromatic rings. The average Bonchev–Trinajstić information content (AvgIpc) is 2.59. The van der Waals surface area contributed by atoms with Gasteiger partial charge in [0, 0.05) is 32.2 Å². The molecule has 2 heterocycles. The zero-order valence-corrected chi connectivity index (χ0v) is 13.9. The predicted molar refractivity (Wildman–Crippen MR) is 89.9 cm³/mol. The summed E-state index contributed by atoms with van der Waals surface area (Å²) in [7, 11) is -0.593. The molecular formula is C14H17BF4N6O. The van der Waals surface area contributed by atoms with Crippen LogP contribution in [0.4, 0.5) is 29.2 Å². The highest BCUT2D eigenvalue weighted by molar-refractivity contribution is 6.45. The molecule has 12 heteroatoms. The number of nitrogens with zero attached hydrogens (tertiary/aromatic N) is 4. The number of hydrogen-bond donors (Lipinski definition) is 3. The van der Waals surface area contributed by atoms with E-state index in [2.05, 4.69) is 15.4 Å². The van der Waals surface area contributed by atoms with Crippen LogP contribution in [0.5, 0.6) is 0 Å². The SMILES string of the molecule is CB(O)N1CCN(c2nc3cc(C(F)(F)F)c(F)cc3nc2NN)CC1. The van der Waals surface area contributed by atoms with Gasteiger partial charge in [0.15, 0.2) is 11.6 Å². The number of hydrazine groups is 1. The fourth-order valence-corrected chi connectivity index (χ4v) is 2.91. The van der Waals surface area contributed by atoms with E-state index >= 15 is 0 Å². The fraction of sp³-hybridized carbons (Fsp3) is 0.429. The van der Waals surface area contributed by atoms with Gasteiger partial charge < -0.3 is 20.2 Å². The normalized spacial score (nSPS) is 16.2. The number of piperazine rings is 1. The molecule has 0 atom stereocenters. The summed E-state index contributed by atoms with van der Waals surface area (Å²) in [6.07, 6.45) is -4.83. The third kappa shape index (κ3) is 3.52. The van der Waals surface area contributed by atoms with Crippen molar-refractivity contribution in [1.82, 2.24) is 14.8 Å². The summed E-state index contributed by atoms with van der Waals surface area (Å²) in [5, 5.41) is 9.61. The molecule has 7 nitrogen and oxygen atoms in total. The van der Waals surface area contributed by atoms with E-state index in [1.807, 2.05) is 4.81 Å². The molecule has 1 aliphatic rings. The van der Waals surface area contributed by atoms with E-state index in [4.69, 9.17) is 5.84 Å². The molecule has 0 amide bonds. The average molecular weight is 372 g/mol. The van der Waals surface area contributed by atoms with E-state index in [1.165, 1.54) is 0 Å². The van der Waals surface area contributed by atoms with E-state index in [0.29, 0.717) is 38.3 Å². The lowest BCUT2D eigenvalue weighted by Gasteiger charge is -2.36. The van der Waals surface area contributed by atoms with Crippen LogP contribution in [-0.2, 0) is 6.18 Å². The quantitative estimate of drug-likeness (QED) is 0.324. The van der Waals surface area contributed by atoms with E-state index < -0.39 is 24.6 Å². The summed E-state index contributed by atoms with van der Waals surface area (Å²) in [5.74, 6) is 4.46. The van der Waals surface area contributed by atoms with Crippen molar-refractivity contribution in [2.24, 2.45) is 5.84 Å². The molecule has 0 unspecified atom stereocenters. The second-order valence-corrected chi connectivity index (χ2v) is 6.01. The Morgan fingerprint density at radius 1 is 1.15 bits per heavy atom. The summed E-state index contributed by atoms with van der Waals surface area (Å²) in [6.45, 7) is 3.70. The van der Waals surface area contributed by atoms with Gasteiger partial charge in [-0.25, -0.2) is 20.2 Å². The standard InChI is InChI=1S/C14H17BF4N6O/c1-15(26)25-4-2-24(3-5-25)13-12(23-20)21-11-7-9(16)8(14(17,18)19)6-10(11)22-13/h6-7,26H,2-5,20H2,1H3,(H,21,23). The van der Waals surface area contributed by atoms with Crippen molar-refractivity contribution in [1.29, 1.82) is 0 Å². The summed E-state index contributed by atoms with van der Waals surface area (Å²) in [4.78, 5) is 12.0. The Balaban J connectivity index is 2.01. The lowest BCUT2D eigenvalue weighted by molar-refractivity contribution is -0.139. The lowest BCUT2D eigenvalue weighted by atomic mass is 9.84. The molecule has 1 fully saturated rings. The molecule has 0 saturated carbocycles. The van der Waals surface area contributed by atoms with Gasteiger partial charge in [-0.15, -0.1) is 0 Å². The van der Waals surface area contributed by atoms with Crippen LogP contribution in [0, 0.1) is 5.82 Å². The van der Waals surface area contributed by atoms with Crippen molar-refractivity contribution in [3.05, 3.63) is 23.5 Å². The van der Waals surface area contributed by atoms with Gasteiger partial charge in [-0.3, -0.25) is 0 Å². The Kier molecular flexibility index (Phi) is 4.91. The van der Waals surface area contributed by atoms with E-state index in [9.17, 15) is 22.6 Å². The predicted octanol–water partition coefficient (Wildman–Crippen LogP) is 1.31. The van der Waals surface area contributed by atoms with Crippen molar-refractivity contribution in [2.45, 2.75) is 13.0 Å². The number of halogens is 4. The number of aromatic nitrogens is 2. The molecule has 26 heavy (non-hydrogen) atoms. The second-order valence-electron chi connectivity index (χ2n) is 6.01. The summed E-state index contributed by atoms with van der Waals surface area (Å²) < 4.78 is 52.6. The van der Waals surface area contributed by atoms with Crippen molar-refractivity contribution in [2.75, 3.05) is 36.5 Å². The maximum absolute atomic E-state index is 13.7. The van der Waals surface area contributed by atoms with E-state index in [1.54, 1.807) is 11.7 Å². The highest BCUT2D eigenvalue weighted by Gasteiger charge is 2.35. The number of rotatable bonds is 3. The monoisotopic (exact) mass is 372 g/mol. The van der Waals surface area contributed by atoms with Crippen LogP contribution in [0.3, 0.4) is 0 Å². The number of anilines is 2. The number of nitrogens with one attached hydrogen (secondary N) is 1. The molecule has 0 spiro atoms. The minimum atomic E-state index is -4.83. The Bertz CT molecular complexity index is 810. The first-order valence-corrected chi connectivity index (χ1v) is 7.93. The van der Waals surface area contributed by atoms with Crippen LogP contribution in [0.25, 0.3) is 11.0 Å². The Labute approximate surface area is 146 Å². The number of alkyl halides is 3. The number of benzene rings is 1. The number of fused-ring (bicyclic) bond motifs is 1. The third-order valence-corrected chi connectivity index (χ3v) is 4.32. The summed E-state index contributed by atoms with van der Waals surface area (Å²) in [6, 6.07) is 1.34.